The zero-order chi connectivity index (χ0) is 13.9. The lowest BCUT2D eigenvalue weighted by molar-refractivity contribution is 0.0194. The molecule has 0 aromatic heterocycles. The minimum absolute atomic E-state index is 0.459. The van der Waals surface area contributed by atoms with Crippen LogP contribution in [0.25, 0.3) is 0 Å². The highest BCUT2D eigenvalue weighted by molar-refractivity contribution is 4.88. The Hall–Kier alpha value is -0.0800. The molecule has 3 atom stereocenters. The molecule has 1 saturated heterocycles. The molecule has 0 aromatic rings. The van der Waals surface area contributed by atoms with E-state index in [1.807, 2.05) is 0 Å². The van der Waals surface area contributed by atoms with Gasteiger partial charge >= 0.3 is 0 Å². The van der Waals surface area contributed by atoms with Crippen molar-refractivity contribution in [3.05, 3.63) is 0 Å². The van der Waals surface area contributed by atoms with Crippen molar-refractivity contribution < 1.29 is 4.74 Å². The lowest BCUT2D eigenvalue weighted by Gasteiger charge is -2.41. The molecule has 2 aliphatic rings. The standard InChI is InChI=1S/C17H33NO/c1-13(2)15-6-5-14(3)11-16(15)18-12-17(4)7-9-19-10-8-17/h13-16,18H,5-12H2,1-4H3. The van der Waals surface area contributed by atoms with Crippen LogP contribution in [0.2, 0.25) is 0 Å². The Bertz CT molecular complexity index is 270. The maximum Gasteiger partial charge on any atom is 0.0471 e. The van der Waals surface area contributed by atoms with Gasteiger partial charge in [-0.25, -0.2) is 0 Å². The van der Waals surface area contributed by atoms with Gasteiger partial charge in [-0.1, -0.05) is 34.1 Å². The van der Waals surface area contributed by atoms with Crippen molar-refractivity contribution in [1.82, 2.24) is 5.32 Å². The van der Waals surface area contributed by atoms with E-state index in [0.717, 1.165) is 37.0 Å². The topological polar surface area (TPSA) is 21.3 Å². The fourth-order valence-electron chi connectivity index (χ4n) is 3.86. The van der Waals surface area contributed by atoms with Gasteiger partial charge in [0.05, 0.1) is 0 Å². The summed E-state index contributed by atoms with van der Waals surface area (Å²) in [6.45, 7) is 12.7. The minimum atomic E-state index is 0.459. The summed E-state index contributed by atoms with van der Waals surface area (Å²) in [5, 5.41) is 3.94. The Labute approximate surface area is 119 Å². The van der Waals surface area contributed by atoms with Gasteiger partial charge in [0.2, 0.25) is 0 Å². The van der Waals surface area contributed by atoms with E-state index in [2.05, 4.69) is 33.0 Å². The Morgan fingerprint density at radius 1 is 1.21 bits per heavy atom. The van der Waals surface area contributed by atoms with Crippen LogP contribution in [0.4, 0.5) is 0 Å². The molecule has 2 rings (SSSR count). The maximum absolute atomic E-state index is 5.51. The fraction of sp³-hybridized carbons (Fsp3) is 1.00. The molecule has 0 bridgehead atoms. The van der Waals surface area contributed by atoms with E-state index in [1.165, 1.54) is 38.6 Å². The van der Waals surface area contributed by atoms with Gasteiger partial charge in [-0.2, -0.15) is 0 Å². The highest BCUT2D eigenvalue weighted by atomic mass is 16.5. The molecule has 1 saturated carbocycles. The molecule has 1 heterocycles. The molecule has 2 heteroatoms. The van der Waals surface area contributed by atoms with Crippen LogP contribution in [-0.4, -0.2) is 25.8 Å². The zero-order valence-corrected chi connectivity index (χ0v) is 13.4. The van der Waals surface area contributed by atoms with Gasteiger partial charge in [-0.3, -0.25) is 0 Å². The first-order valence-electron chi connectivity index (χ1n) is 8.31. The van der Waals surface area contributed by atoms with E-state index >= 15 is 0 Å². The molecule has 0 spiro atoms. The molecule has 0 aromatic carbocycles. The molecule has 1 N–H and O–H groups in total. The summed E-state index contributed by atoms with van der Waals surface area (Å²) in [4.78, 5) is 0. The Balaban J connectivity index is 1.87. The lowest BCUT2D eigenvalue weighted by Crippen LogP contribution is -2.47. The van der Waals surface area contributed by atoms with Crippen LogP contribution in [0.3, 0.4) is 0 Å². The summed E-state index contributed by atoms with van der Waals surface area (Å²) in [7, 11) is 0. The van der Waals surface area contributed by atoms with E-state index in [1.54, 1.807) is 0 Å². The molecule has 2 nitrogen and oxygen atoms in total. The number of hydrogen-bond acceptors (Lipinski definition) is 2. The Morgan fingerprint density at radius 3 is 2.53 bits per heavy atom. The third kappa shape index (κ3) is 4.19. The monoisotopic (exact) mass is 267 g/mol. The average Bonchev–Trinajstić information content (AvgIpc) is 2.37. The van der Waals surface area contributed by atoms with Crippen LogP contribution < -0.4 is 5.32 Å². The highest BCUT2D eigenvalue weighted by Crippen LogP contribution is 2.35. The van der Waals surface area contributed by atoms with Crippen molar-refractivity contribution in [2.75, 3.05) is 19.8 Å². The van der Waals surface area contributed by atoms with Gasteiger partial charge in [0.15, 0.2) is 0 Å². The summed E-state index contributed by atoms with van der Waals surface area (Å²) >= 11 is 0. The van der Waals surface area contributed by atoms with Gasteiger partial charge in [0.1, 0.15) is 0 Å². The smallest absolute Gasteiger partial charge is 0.0471 e. The SMILES string of the molecule is CC1CCC(C(C)C)C(NCC2(C)CCOCC2)C1. The highest BCUT2D eigenvalue weighted by Gasteiger charge is 2.33. The van der Waals surface area contributed by atoms with Crippen LogP contribution in [0.15, 0.2) is 0 Å². The predicted molar refractivity (Wildman–Crippen MR) is 81.3 cm³/mol. The summed E-state index contributed by atoms with van der Waals surface area (Å²) < 4.78 is 5.51. The van der Waals surface area contributed by atoms with E-state index < -0.39 is 0 Å². The van der Waals surface area contributed by atoms with Crippen LogP contribution in [0.1, 0.15) is 59.8 Å². The molecule has 0 radical (unpaired) electrons. The second kappa shape index (κ2) is 6.58. The summed E-state index contributed by atoms with van der Waals surface area (Å²) in [6.07, 6.45) is 6.64. The van der Waals surface area contributed by atoms with Crippen molar-refractivity contribution in [3.63, 3.8) is 0 Å². The number of hydrogen-bond donors (Lipinski definition) is 1. The summed E-state index contributed by atoms with van der Waals surface area (Å²) in [5.74, 6) is 2.59. The van der Waals surface area contributed by atoms with Gasteiger partial charge < -0.3 is 10.1 Å². The molecule has 1 aliphatic heterocycles. The number of nitrogens with one attached hydrogen (secondary N) is 1. The van der Waals surface area contributed by atoms with Crippen molar-refractivity contribution in [1.29, 1.82) is 0 Å². The molecule has 2 fully saturated rings. The average molecular weight is 267 g/mol. The summed E-state index contributed by atoms with van der Waals surface area (Å²) in [6, 6.07) is 0.739. The van der Waals surface area contributed by atoms with Crippen LogP contribution in [0, 0.1) is 23.2 Å². The van der Waals surface area contributed by atoms with Crippen molar-refractivity contribution >= 4 is 0 Å². The molecule has 3 unspecified atom stereocenters. The third-order valence-electron chi connectivity index (χ3n) is 5.51. The van der Waals surface area contributed by atoms with E-state index in [-0.39, 0.29) is 0 Å². The first-order chi connectivity index (χ1) is 9.00. The second-order valence-corrected chi connectivity index (χ2v) is 7.74. The molecule has 1 aliphatic carbocycles. The van der Waals surface area contributed by atoms with Crippen LogP contribution >= 0.6 is 0 Å². The third-order valence-corrected chi connectivity index (χ3v) is 5.51. The predicted octanol–water partition coefficient (Wildman–Crippen LogP) is 3.85. The second-order valence-electron chi connectivity index (χ2n) is 7.74. The molecule has 19 heavy (non-hydrogen) atoms. The van der Waals surface area contributed by atoms with Crippen molar-refractivity contribution in [2.24, 2.45) is 23.2 Å². The quantitative estimate of drug-likeness (QED) is 0.835. The first kappa shape index (κ1) is 15.3. The largest absolute Gasteiger partial charge is 0.381 e. The maximum atomic E-state index is 5.51. The Morgan fingerprint density at radius 2 is 1.89 bits per heavy atom. The molecular weight excluding hydrogens is 234 g/mol. The number of rotatable bonds is 4. The molecule has 112 valence electrons. The van der Waals surface area contributed by atoms with Gasteiger partial charge in [0, 0.05) is 25.8 Å². The lowest BCUT2D eigenvalue weighted by atomic mass is 9.73. The van der Waals surface area contributed by atoms with E-state index in [9.17, 15) is 0 Å². The normalized spacial score (nSPS) is 35.5. The van der Waals surface area contributed by atoms with Crippen LogP contribution in [0.5, 0.6) is 0 Å². The number of ether oxygens (including phenoxy) is 1. The fourth-order valence-corrected chi connectivity index (χ4v) is 3.86. The van der Waals surface area contributed by atoms with E-state index in [0.29, 0.717) is 5.41 Å². The van der Waals surface area contributed by atoms with Crippen LogP contribution in [-0.2, 0) is 4.74 Å². The van der Waals surface area contributed by atoms with Crippen molar-refractivity contribution in [3.8, 4) is 0 Å². The first-order valence-corrected chi connectivity index (χ1v) is 8.31. The van der Waals surface area contributed by atoms with Gasteiger partial charge in [-0.15, -0.1) is 0 Å². The van der Waals surface area contributed by atoms with Gasteiger partial charge in [-0.05, 0) is 48.9 Å². The summed E-state index contributed by atoms with van der Waals surface area (Å²) in [5.41, 5.74) is 0.459. The zero-order valence-electron chi connectivity index (χ0n) is 13.4. The van der Waals surface area contributed by atoms with E-state index in [4.69, 9.17) is 4.74 Å². The molecular formula is C17H33NO. The Kier molecular flexibility index (Phi) is 5.30. The molecule has 0 amide bonds. The van der Waals surface area contributed by atoms with Gasteiger partial charge in [0.25, 0.3) is 0 Å². The van der Waals surface area contributed by atoms with Crippen molar-refractivity contribution in [2.45, 2.75) is 65.8 Å². The minimum Gasteiger partial charge on any atom is -0.381 e.